The molecule has 2 aromatic rings. The van der Waals surface area contributed by atoms with E-state index in [2.05, 4.69) is 15.6 Å². The fraction of sp³-hybridized carbons (Fsp3) is 0.300. The molecule has 2 rings (SSSR count). The standard InChI is InChI=1S/C20H26N4O3.HI/c1-22-20(23-10-11-26-14-16-6-3-2-4-7-16)24-13-17-8-5-9-18(12-17)27-15-19(21)25;/h2-9,12H,10-11,13-15H2,1H3,(H2,21,25)(H2,22,23,24);1H. The number of rotatable bonds is 10. The van der Waals surface area contributed by atoms with Gasteiger partial charge in [-0.25, -0.2) is 0 Å². The summed E-state index contributed by atoms with van der Waals surface area (Å²) in [4.78, 5) is 15.0. The van der Waals surface area contributed by atoms with E-state index < -0.39 is 5.91 Å². The molecule has 2 aromatic carbocycles. The lowest BCUT2D eigenvalue weighted by Gasteiger charge is -2.13. The number of benzene rings is 2. The van der Waals surface area contributed by atoms with Gasteiger partial charge in [0.1, 0.15) is 5.75 Å². The summed E-state index contributed by atoms with van der Waals surface area (Å²) in [5, 5.41) is 6.42. The molecule has 0 saturated carbocycles. The molecule has 0 aliphatic heterocycles. The molecule has 0 atom stereocenters. The number of halogens is 1. The van der Waals surface area contributed by atoms with Crippen LogP contribution in [0.15, 0.2) is 59.6 Å². The van der Waals surface area contributed by atoms with Crippen molar-refractivity contribution >= 4 is 35.8 Å². The van der Waals surface area contributed by atoms with Crippen molar-refractivity contribution in [3.63, 3.8) is 0 Å². The summed E-state index contributed by atoms with van der Waals surface area (Å²) in [5.74, 6) is 0.782. The van der Waals surface area contributed by atoms with E-state index >= 15 is 0 Å². The van der Waals surface area contributed by atoms with Gasteiger partial charge in [-0.2, -0.15) is 0 Å². The van der Waals surface area contributed by atoms with E-state index in [9.17, 15) is 4.79 Å². The molecule has 28 heavy (non-hydrogen) atoms. The molecule has 0 saturated heterocycles. The zero-order valence-corrected chi connectivity index (χ0v) is 18.2. The molecule has 8 heteroatoms. The summed E-state index contributed by atoms with van der Waals surface area (Å²) < 4.78 is 10.9. The van der Waals surface area contributed by atoms with Crippen molar-refractivity contribution in [3.8, 4) is 5.75 Å². The Kier molecular flexibility index (Phi) is 11.7. The number of aliphatic imine (C=N–C) groups is 1. The molecule has 0 radical (unpaired) electrons. The average molecular weight is 498 g/mol. The maximum Gasteiger partial charge on any atom is 0.255 e. The van der Waals surface area contributed by atoms with Gasteiger partial charge in [0, 0.05) is 20.1 Å². The maximum absolute atomic E-state index is 10.8. The van der Waals surface area contributed by atoms with Crippen molar-refractivity contribution in [1.82, 2.24) is 10.6 Å². The summed E-state index contributed by atoms with van der Waals surface area (Å²) in [6.07, 6.45) is 0. The zero-order chi connectivity index (χ0) is 19.3. The highest BCUT2D eigenvalue weighted by Crippen LogP contribution is 2.13. The van der Waals surface area contributed by atoms with Gasteiger partial charge in [-0.1, -0.05) is 42.5 Å². The second-order valence-electron chi connectivity index (χ2n) is 5.79. The normalized spacial score (nSPS) is 10.7. The summed E-state index contributed by atoms with van der Waals surface area (Å²) in [6.45, 7) is 2.24. The molecule has 0 aromatic heterocycles. The number of nitrogens with zero attached hydrogens (tertiary/aromatic N) is 1. The topological polar surface area (TPSA) is 98.0 Å². The molecule has 1 amide bonds. The molecule has 0 aliphatic carbocycles. The van der Waals surface area contributed by atoms with Gasteiger partial charge in [0.2, 0.25) is 0 Å². The number of primary amides is 1. The third kappa shape index (κ3) is 9.56. The van der Waals surface area contributed by atoms with Crippen molar-refractivity contribution in [2.75, 3.05) is 26.8 Å². The van der Waals surface area contributed by atoms with Crippen LogP contribution >= 0.6 is 24.0 Å². The van der Waals surface area contributed by atoms with E-state index in [1.807, 2.05) is 48.5 Å². The minimum absolute atomic E-state index is 0. The lowest BCUT2D eigenvalue weighted by molar-refractivity contribution is -0.119. The molecule has 152 valence electrons. The number of hydrogen-bond acceptors (Lipinski definition) is 4. The second-order valence-corrected chi connectivity index (χ2v) is 5.79. The number of amides is 1. The van der Waals surface area contributed by atoms with Gasteiger partial charge in [-0.05, 0) is 23.3 Å². The predicted octanol–water partition coefficient (Wildman–Crippen LogP) is 2.05. The van der Waals surface area contributed by atoms with Gasteiger partial charge in [0.25, 0.3) is 5.91 Å². The number of ether oxygens (including phenoxy) is 2. The Morgan fingerprint density at radius 2 is 1.82 bits per heavy atom. The van der Waals surface area contributed by atoms with Gasteiger partial charge in [-0.15, -0.1) is 24.0 Å². The average Bonchev–Trinajstić information content (AvgIpc) is 2.69. The lowest BCUT2D eigenvalue weighted by atomic mass is 10.2. The third-order valence-corrected chi connectivity index (χ3v) is 3.61. The zero-order valence-electron chi connectivity index (χ0n) is 15.9. The SMILES string of the molecule is CN=C(NCCOCc1ccccc1)NCc1cccc(OCC(N)=O)c1.I. The van der Waals surface area contributed by atoms with Crippen LogP contribution in [0.3, 0.4) is 0 Å². The Morgan fingerprint density at radius 3 is 2.54 bits per heavy atom. The molecular weight excluding hydrogens is 471 g/mol. The van der Waals surface area contributed by atoms with Crippen LogP contribution in [-0.2, 0) is 22.7 Å². The highest BCUT2D eigenvalue weighted by atomic mass is 127. The fourth-order valence-electron chi connectivity index (χ4n) is 2.31. The third-order valence-electron chi connectivity index (χ3n) is 3.61. The summed E-state index contributed by atoms with van der Waals surface area (Å²) in [7, 11) is 1.71. The number of nitrogens with one attached hydrogen (secondary N) is 2. The van der Waals surface area contributed by atoms with Gasteiger partial charge in [0.15, 0.2) is 12.6 Å². The molecule has 0 unspecified atom stereocenters. The predicted molar refractivity (Wildman–Crippen MR) is 121 cm³/mol. The molecule has 0 spiro atoms. The molecule has 7 nitrogen and oxygen atoms in total. The highest BCUT2D eigenvalue weighted by molar-refractivity contribution is 14.0. The maximum atomic E-state index is 10.8. The van der Waals surface area contributed by atoms with Crippen LogP contribution in [-0.4, -0.2) is 38.7 Å². The van der Waals surface area contributed by atoms with Crippen molar-refractivity contribution in [2.45, 2.75) is 13.2 Å². The minimum Gasteiger partial charge on any atom is -0.484 e. The van der Waals surface area contributed by atoms with Crippen molar-refractivity contribution in [2.24, 2.45) is 10.7 Å². The Balaban J connectivity index is 0.00000392. The lowest BCUT2D eigenvalue weighted by Crippen LogP contribution is -2.38. The van der Waals surface area contributed by atoms with Gasteiger partial charge >= 0.3 is 0 Å². The van der Waals surface area contributed by atoms with E-state index in [1.165, 1.54) is 0 Å². The summed E-state index contributed by atoms with van der Waals surface area (Å²) >= 11 is 0. The molecule has 0 bridgehead atoms. The first-order valence-electron chi connectivity index (χ1n) is 8.73. The van der Waals surface area contributed by atoms with E-state index in [0.29, 0.717) is 38.0 Å². The quantitative estimate of drug-likeness (QED) is 0.202. The van der Waals surface area contributed by atoms with Gasteiger partial charge in [-0.3, -0.25) is 9.79 Å². The molecule has 0 aliphatic rings. The van der Waals surface area contributed by atoms with Crippen molar-refractivity contribution < 1.29 is 14.3 Å². The number of hydrogen-bond donors (Lipinski definition) is 3. The summed E-state index contributed by atoms with van der Waals surface area (Å²) in [6, 6.07) is 17.5. The minimum atomic E-state index is -0.502. The van der Waals surface area contributed by atoms with E-state index in [4.69, 9.17) is 15.2 Å². The molecule has 0 fully saturated rings. The van der Waals surface area contributed by atoms with Crippen LogP contribution in [0.4, 0.5) is 0 Å². The Bertz CT molecular complexity index is 741. The number of carbonyl (C=O) groups excluding carboxylic acids is 1. The largest absolute Gasteiger partial charge is 0.484 e. The van der Waals surface area contributed by atoms with Crippen LogP contribution in [0.2, 0.25) is 0 Å². The van der Waals surface area contributed by atoms with Crippen LogP contribution in [0, 0.1) is 0 Å². The fourth-order valence-corrected chi connectivity index (χ4v) is 2.31. The van der Waals surface area contributed by atoms with E-state index in [0.717, 1.165) is 11.1 Å². The molecule has 0 heterocycles. The van der Waals surface area contributed by atoms with E-state index in [1.54, 1.807) is 13.1 Å². The van der Waals surface area contributed by atoms with Crippen LogP contribution in [0.25, 0.3) is 0 Å². The first-order valence-corrected chi connectivity index (χ1v) is 8.73. The van der Waals surface area contributed by atoms with Crippen LogP contribution < -0.4 is 21.1 Å². The molecular formula is C20H27IN4O3. The van der Waals surface area contributed by atoms with Crippen LogP contribution in [0.1, 0.15) is 11.1 Å². The van der Waals surface area contributed by atoms with Gasteiger partial charge in [0.05, 0.1) is 13.2 Å². The van der Waals surface area contributed by atoms with E-state index in [-0.39, 0.29) is 30.6 Å². The number of nitrogens with two attached hydrogens (primary N) is 1. The Labute approximate surface area is 182 Å². The second kappa shape index (κ2) is 13.8. The Hall–Kier alpha value is -2.33. The first kappa shape index (κ1) is 23.7. The monoisotopic (exact) mass is 498 g/mol. The number of carbonyl (C=O) groups is 1. The number of guanidine groups is 1. The molecule has 4 N–H and O–H groups in total. The van der Waals surface area contributed by atoms with Gasteiger partial charge < -0.3 is 25.8 Å². The summed E-state index contributed by atoms with van der Waals surface area (Å²) in [5.41, 5.74) is 7.24. The van der Waals surface area contributed by atoms with Crippen molar-refractivity contribution in [3.05, 3.63) is 65.7 Å². The highest BCUT2D eigenvalue weighted by Gasteiger charge is 2.02. The van der Waals surface area contributed by atoms with Crippen molar-refractivity contribution in [1.29, 1.82) is 0 Å². The van der Waals surface area contributed by atoms with Crippen LogP contribution in [0.5, 0.6) is 5.75 Å². The smallest absolute Gasteiger partial charge is 0.255 e. The first-order chi connectivity index (χ1) is 13.2. The Morgan fingerprint density at radius 1 is 1.07 bits per heavy atom.